The van der Waals surface area contributed by atoms with Crippen molar-refractivity contribution in [3.63, 3.8) is 0 Å². The summed E-state index contributed by atoms with van der Waals surface area (Å²) in [7, 11) is 0. The average molecular weight is 229 g/mol. The number of benzene rings is 1. The molecule has 0 bridgehead atoms. The highest BCUT2D eigenvalue weighted by Crippen LogP contribution is 2.11. The Morgan fingerprint density at radius 2 is 2.00 bits per heavy atom. The number of nitrogens with zero attached hydrogens (tertiary/aromatic N) is 1. The molecular formula is C15H19NO. The van der Waals surface area contributed by atoms with E-state index < -0.39 is 0 Å². The number of hydrogen-bond donors (Lipinski definition) is 0. The number of aryl methyl sites for hydroxylation is 1. The monoisotopic (exact) mass is 229 g/mol. The number of Topliss-reactive ketones (excluding diaryl/α,β-unsaturated/α-hetero) is 1. The van der Waals surface area contributed by atoms with Crippen LogP contribution in [0.1, 0.15) is 54.9 Å². The molecule has 2 nitrogen and oxygen atoms in total. The van der Waals surface area contributed by atoms with E-state index in [2.05, 4.69) is 12.1 Å². The van der Waals surface area contributed by atoms with Gasteiger partial charge in [-0.1, -0.05) is 31.0 Å². The number of carbonyl (C=O) groups excluding carboxylic acids is 1. The summed E-state index contributed by atoms with van der Waals surface area (Å²) in [5.41, 5.74) is 2.03. The first-order valence-electron chi connectivity index (χ1n) is 6.21. The Morgan fingerprint density at radius 1 is 1.24 bits per heavy atom. The van der Waals surface area contributed by atoms with Gasteiger partial charge in [0.1, 0.15) is 0 Å². The lowest BCUT2D eigenvalue weighted by Crippen LogP contribution is -1.94. The Labute approximate surface area is 103 Å². The van der Waals surface area contributed by atoms with Crippen LogP contribution in [0.5, 0.6) is 0 Å². The van der Waals surface area contributed by atoms with E-state index in [9.17, 15) is 4.79 Å². The molecule has 1 aromatic rings. The minimum absolute atomic E-state index is 0.126. The Hall–Kier alpha value is -1.62. The number of hydrogen-bond acceptors (Lipinski definition) is 2. The molecule has 1 aromatic carbocycles. The minimum atomic E-state index is 0.126. The summed E-state index contributed by atoms with van der Waals surface area (Å²) in [4.78, 5) is 11.2. The number of rotatable bonds is 7. The molecule has 0 spiro atoms. The van der Waals surface area contributed by atoms with Crippen molar-refractivity contribution in [3.05, 3.63) is 35.4 Å². The fourth-order valence-electron chi connectivity index (χ4n) is 1.83. The van der Waals surface area contributed by atoms with Gasteiger partial charge >= 0.3 is 0 Å². The maximum absolute atomic E-state index is 11.2. The van der Waals surface area contributed by atoms with Crippen LogP contribution in [0.3, 0.4) is 0 Å². The third-order valence-corrected chi connectivity index (χ3v) is 2.84. The Bertz CT molecular complexity index is 404. The zero-order chi connectivity index (χ0) is 12.5. The molecule has 0 saturated heterocycles. The minimum Gasteiger partial charge on any atom is -0.295 e. The number of carbonyl (C=O) groups is 1. The van der Waals surface area contributed by atoms with Crippen molar-refractivity contribution < 1.29 is 4.79 Å². The largest absolute Gasteiger partial charge is 0.295 e. The molecule has 0 saturated carbocycles. The molecule has 0 aliphatic rings. The highest BCUT2D eigenvalue weighted by Gasteiger charge is 2.00. The van der Waals surface area contributed by atoms with E-state index in [1.54, 1.807) is 6.92 Å². The summed E-state index contributed by atoms with van der Waals surface area (Å²) in [6, 6.07) is 10.0. The van der Waals surface area contributed by atoms with Crippen LogP contribution in [-0.2, 0) is 6.42 Å². The quantitative estimate of drug-likeness (QED) is 0.525. The molecule has 2 heteroatoms. The predicted octanol–water partition coefficient (Wildman–Crippen LogP) is 3.91. The average Bonchev–Trinajstić information content (AvgIpc) is 2.34. The van der Waals surface area contributed by atoms with Gasteiger partial charge in [0.2, 0.25) is 0 Å². The van der Waals surface area contributed by atoms with Crippen LogP contribution >= 0.6 is 0 Å². The molecule has 0 N–H and O–H groups in total. The van der Waals surface area contributed by atoms with Gasteiger partial charge in [0, 0.05) is 12.0 Å². The van der Waals surface area contributed by atoms with Crippen LogP contribution in [0.2, 0.25) is 0 Å². The highest BCUT2D eigenvalue weighted by molar-refractivity contribution is 5.94. The SMILES string of the molecule is CC(=O)c1cccc(CCCCCCC#N)c1. The van der Waals surface area contributed by atoms with Gasteiger partial charge in [-0.2, -0.15) is 5.26 Å². The molecule has 0 unspecified atom stereocenters. The van der Waals surface area contributed by atoms with Crippen molar-refractivity contribution in [2.24, 2.45) is 0 Å². The van der Waals surface area contributed by atoms with Crippen molar-refractivity contribution in [1.29, 1.82) is 5.26 Å². The molecule has 17 heavy (non-hydrogen) atoms. The van der Waals surface area contributed by atoms with Crippen molar-refractivity contribution in [2.45, 2.75) is 45.4 Å². The standard InChI is InChI=1S/C15H19NO/c1-13(17)15-10-7-9-14(12-15)8-5-3-2-4-6-11-16/h7,9-10,12H,2-6,8H2,1H3. The molecular weight excluding hydrogens is 210 g/mol. The van der Waals surface area contributed by atoms with E-state index >= 15 is 0 Å². The van der Waals surface area contributed by atoms with Crippen LogP contribution in [0.25, 0.3) is 0 Å². The summed E-state index contributed by atoms with van der Waals surface area (Å²) in [5, 5.41) is 8.40. The number of nitriles is 1. The van der Waals surface area contributed by atoms with Crippen LogP contribution in [0.15, 0.2) is 24.3 Å². The lowest BCUT2D eigenvalue weighted by molar-refractivity contribution is 0.101. The van der Waals surface area contributed by atoms with Gasteiger partial charge < -0.3 is 0 Å². The van der Waals surface area contributed by atoms with E-state index in [0.717, 1.165) is 37.7 Å². The van der Waals surface area contributed by atoms with Crippen LogP contribution in [0.4, 0.5) is 0 Å². The molecule has 0 aliphatic carbocycles. The van der Waals surface area contributed by atoms with Gasteiger partial charge in [0.25, 0.3) is 0 Å². The molecule has 0 aliphatic heterocycles. The van der Waals surface area contributed by atoms with Crippen LogP contribution < -0.4 is 0 Å². The predicted molar refractivity (Wildman–Crippen MR) is 68.8 cm³/mol. The second kappa shape index (κ2) is 7.62. The van der Waals surface area contributed by atoms with Crippen molar-refractivity contribution in [1.82, 2.24) is 0 Å². The lowest BCUT2D eigenvalue weighted by atomic mass is 10.0. The van der Waals surface area contributed by atoms with Crippen LogP contribution in [0, 0.1) is 11.3 Å². The van der Waals surface area contributed by atoms with E-state index in [4.69, 9.17) is 5.26 Å². The van der Waals surface area contributed by atoms with Gasteiger partial charge in [-0.25, -0.2) is 0 Å². The third kappa shape index (κ3) is 5.31. The Kier molecular flexibility index (Phi) is 6.03. The Balaban J connectivity index is 2.30. The van der Waals surface area contributed by atoms with E-state index in [1.807, 2.05) is 18.2 Å². The second-order valence-corrected chi connectivity index (χ2v) is 4.33. The van der Waals surface area contributed by atoms with Gasteiger partial charge in [0.15, 0.2) is 5.78 Å². The molecule has 90 valence electrons. The first kappa shape index (κ1) is 13.4. The van der Waals surface area contributed by atoms with E-state index in [1.165, 1.54) is 5.56 Å². The number of unbranched alkanes of at least 4 members (excludes halogenated alkanes) is 4. The van der Waals surface area contributed by atoms with E-state index in [0.29, 0.717) is 6.42 Å². The van der Waals surface area contributed by atoms with Crippen LogP contribution in [-0.4, -0.2) is 5.78 Å². The summed E-state index contributed by atoms with van der Waals surface area (Å²) in [6.07, 6.45) is 6.11. The van der Waals surface area contributed by atoms with Gasteiger partial charge in [-0.3, -0.25) is 4.79 Å². The Morgan fingerprint density at radius 3 is 2.71 bits per heavy atom. The smallest absolute Gasteiger partial charge is 0.159 e. The molecule has 0 fully saturated rings. The van der Waals surface area contributed by atoms with E-state index in [-0.39, 0.29) is 5.78 Å². The molecule has 1 rings (SSSR count). The topological polar surface area (TPSA) is 40.9 Å². The van der Waals surface area contributed by atoms with Crippen molar-refractivity contribution in [3.8, 4) is 6.07 Å². The van der Waals surface area contributed by atoms with Gasteiger partial charge in [-0.05, 0) is 37.8 Å². The van der Waals surface area contributed by atoms with Crippen molar-refractivity contribution >= 4 is 5.78 Å². The number of ketones is 1. The fourth-order valence-corrected chi connectivity index (χ4v) is 1.83. The zero-order valence-corrected chi connectivity index (χ0v) is 10.4. The molecule has 0 heterocycles. The normalized spacial score (nSPS) is 9.88. The molecule has 0 atom stereocenters. The van der Waals surface area contributed by atoms with Crippen molar-refractivity contribution in [2.75, 3.05) is 0 Å². The molecule has 0 radical (unpaired) electrons. The van der Waals surface area contributed by atoms with Gasteiger partial charge in [0.05, 0.1) is 6.07 Å². The fraction of sp³-hybridized carbons (Fsp3) is 0.467. The first-order chi connectivity index (χ1) is 8.24. The summed E-state index contributed by atoms with van der Waals surface area (Å²) < 4.78 is 0. The molecule has 0 amide bonds. The summed E-state index contributed by atoms with van der Waals surface area (Å²) in [5.74, 6) is 0.126. The first-order valence-corrected chi connectivity index (χ1v) is 6.21. The van der Waals surface area contributed by atoms with Gasteiger partial charge in [-0.15, -0.1) is 0 Å². The summed E-state index contributed by atoms with van der Waals surface area (Å²) >= 11 is 0. The lowest BCUT2D eigenvalue weighted by Gasteiger charge is -2.03. The molecule has 0 aromatic heterocycles. The maximum Gasteiger partial charge on any atom is 0.159 e. The maximum atomic E-state index is 11.2. The highest BCUT2D eigenvalue weighted by atomic mass is 16.1. The zero-order valence-electron chi connectivity index (χ0n) is 10.4. The third-order valence-electron chi connectivity index (χ3n) is 2.84. The summed E-state index contributed by atoms with van der Waals surface area (Å²) in [6.45, 7) is 1.60. The second-order valence-electron chi connectivity index (χ2n) is 4.33.